The Morgan fingerprint density at radius 2 is 2.27 bits per heavy atom. The van der Waals surface area contributed by atoms with E-state index in [1.54, 1.807) is 7.05 Å². The van der Waals surface area contributed by atoms with E-state index in [4.69, 9.17) is 5.73 Å². The maximum atomic E-state index is 11.5. The van der Waals surface area contributed by atoms with Crippen LogP contribution in [0, 0.1) is 0 Å². The zero-order chi connectivity index (χ0) is 11.5. The molecule has 0 radical (unpaired) electrons. The van der Waals surface area contributed by atoms with E-state index in [9.17, 15) is 13.2 Å². The first-order valence-electron chi connectivity index (χ1n) is 4.87. The second kappa shape index (κ2) is 4.80. The number of carbonyl (C=O) groups excluding carboxylic acids is 1. The summed E-state index contributed by atoms with van der Waals surface area (Å²) in [6.07, 6.45) is 0.523. The van der Waals surface area contributed by atoms with Crippen LogP contribution in [0.2, 0.25) is 0 Å². The van der Waals surface area contributed by atoms with Crippen LogP contribution in [0.1, 0.15) is 6.42 Å². The molecule has 1 heterocycles. The summed E-state index contributed by atoms with van der Waals surface area (Å²) in [6.45, 7) is 0.783. The molecule has 1 aliphatic rings. The van der Waals surface area contributed by atoms with Crippen LogP contribution in [0.4, 0.5) is 4.79 Å². The summed E-state index contributed by atoms with van der Waals surface area (Å²) < 4.78 is 22.4. The van der Waals surface area contributed by atoms with Gasteiger partial charge in [0.15, 0.2) is 9.84 Å². The van der Waals surface area contributed by atoms with E-state index in [-0.39, 0.29) is 23.6 Å². The number of rotatable bonds is 3. The largest absolute Gasteiger partial charge is 0.337 e. The van der Waals surface area contributed by atoms with Crippen molar-refractivity contribution >= 4 is 15.9 Å². The minimum Gasteiger partial charge on any atom is -0.337 e. The number of hydrogen-bond acceptors (Lipinski definition) is 4. The number of nitrogens with two attached hydrogens (primary N) is 1. The van der Waals surface area contributed by atoms with Crippen molar-refractivity contribution in [3.63, 3.8) is 0 Å². The Morgan fingerprint density at radius 1 is 1.60 bits per heavy atom. The molecule has 1 fully saturated rings. The summed E-state index contributed by atoms with van der Waals surface area (Å²) >= 11 is 0. The van der Waals surface area contributed by atoms with Crippen molar-refractivity contribution in [2.24, 2.45) is 5.73 Å². The van der Waals surface area contributed by atoms with Crippen LogP contribution in [0.3, 0.4) is 0 Å². The highest BCUT2D eigenvalue weighted by Crippen LogP contribution is 2.16. The van der Waals surface area contributed by atoms with Gasteiger partial charge in [0, 0.05) is 26.2 Å². The molecule has 0 saturated carbocycles. The summed E-state index contributed by atoms with van der Waals surface area (Å²) in [6, 6.07) is -0.463. The molecule has 3 N–H and O–H groups in total. The van der Waals surface area contributed by atoms with Gasteiger partial charge in [-0.25, -0.2) is 13.2 Å². The highest BCUT2D eigenvalue weighted by Gasteiger charge is 2.32. The summed E-state index contributed by atoms with van der Waals surface area (Å²) in [5, 5.41) is 2.60. The zero-order valence-electron chi connectivity index (χ0n) is 8.77. The van der Waals surface area contributed by atoms with Crippen LogP contribution < -0.4 is 11.1 Å². The molecule has 1 rings (SSSR count). The van der Waals surface area contributed by atoms with E-state index >= 15 is 0 Å². The van der Waals surface area contributed by atoms with Gasteiger partial charge in [0.25, 0.3) is 0 Å². The maximum absolute atomic E-state index is 11.5. The first-order chi connectivity index (χ1) is 6.96. The average molecular weight is 235 g/mol. The van der Waals surface area contributed by atoms with Crippen molar-refractivity contribution in [3.05, 3.63) is 0 Å². The first kappa shape index (κ1) is 12.3. The second-order valence-electron chi connectivity index (χ2n) is 3.69. The fraction of sp³-hybridized carbons (Fsp3) is 0.875. The highest BCUT2D eigenvalue weighted by molar-refractivity contribution is 7.91. The van der Waals surface area contributed by atoms with Crippen molar-refractivity contribution in [2.75, 3.05) is 31.6 Å². The molecule has 2 amide bonds. The SMILES string of the molecule is CN(C(=O)NCCN)C1CCS(=O)(=O)C1. The van der Waals surface area contributed by atoms with Crippen LogP contribution in [-0.4, -0.2) is 57.0 Å². The molecule has 0 aliphatic carbocycles. The van der Waals surface area contributed by atoms with Crippen molar-refractivity contribution in [3.8, 4) is 0 Å². The third-order valence-corrected chi connectivity index (χ3v) is 4.25. The van der Waals surface area contributed by atoms with Crippen LogP contribution >= 0.6 is 0 Å². The Hall–Kier alpha value is -0.820. The molecule has 1 unspecified atom stereocenters. The number of nitrogens with zero attached hydrogens (tertiary/aromatic N) is 1. The topological polar surface area (TPSA) is 92.5 Å². The Labute approximate surface area is 89.7 Å². The van der Waals surface area contributed by atoms with Gasteiger partial charge in [-0.3, -0.25) is 0 Å². The maximum Gasteiger partial charge on any atom is 0.317 e. The molecule has 6 nitrogen and oxygen atoms in total. The fourth-order valence-corrected chi connectivity index (χ4v) is 3.32. The zero-order valence-corrected chi connectivity index (χ0v) is 9.59. The number of hydrogen-bond donors (Lipinski definition) is 2. The fourth-order valence-electron chi connectivity index (χ4n) is 1.55. The average Bonchev–Trinajstić information content (AvgIpc) is 2.54. The van der Waals surface area contributed by atoms with Crippen molar-refractivity contribution in [2.45, 2.75) is 12.5 Å². The van der Waals surface area contributed by atoms with E-state index in [1.165, 1.54) is 4.90 Å². The predicted molar refractivity (Wildman–Crippen MR) is 57.3 cm³/mol. The van der Waals surface area contributed by atoms with Gasteiger partial charge < -0.3 is 16.0 Å². The lowest BCUT2D eigenvalue weighted by Gasteiger charge is -2.23. The third kappa shape index (κ3) is 3.35. The standard InChI is InChI=1S/C8H17N3O3S/c1-11(8(12)10-4-3-9)7-2-5-15(13,14)6-7/h7H,2-6,9H2,1H3,(H,10,12). The smallest absolute Gasteiger partial charge is 0.317 e. The van der Waals surface area contributed by atoms with Gasteiger partial charge in [-0.05, 0) is 6.42 Å². The molecule has 1 aliphatic heterocycles. The van der Waals surface area contributed by atoms with E-state index in [2.05, 4.69) is 5.32 Å². The van der Waals surface area contributed by atoms with Crippen LogP contribution in [-0.2, 0) is 9.84 Å². The predicted octanol–water partition coefficient (Wildman–Crippen LogP) is -1.23. The number of urea groups is 1. The number of nitrogens with one attached hydrogen (secondary N) is 1. The summed E-state index contributed by atoms with van der Waals surface area (Å²) in [4.78, 5) is 12.9. The minimum atomic E-state index is -2.94. The van der Waals surface area contributed by atoms with Gasteiger partial charge in [0.05, 0.1) is 11.5 Å². The van der Waals surface area contributed by atoms with Gasteiger partial charge in [-0.15, -0.1) is 0 Å². The normalized spacial score (nSPS) is 23.7. The van der Waals surface area contributed by atoms with Gasteiger partial charge in [0.2, 0.25) is 0 Å². The molecule has 0 aromatic heterocycles. The van der Waals surface area contributed by atoms with E-state index in [1.807, 2.05) is 0 Å². The molecular formula is C8H17N3O3S. The van der Waals surface area contributed by atoms with Gasteiger partial charge in [-0.1, -0.05) is 0 Å². The van der Waals surface area contributed by atoms with E-state index in [0.717, 1.165) is 0 Å². The summed E-state index contributed by atoms with van der Waals surface area (Å²) in [5.41, 5.74) is 5.24. The van der Waals surface area contributed by atoms with Crippen LogP contribution in [0.5, 0.6) is 0 Å². The van der Waals surface area contributed by atoms with E-state index < -0.39 is 9.84 Å². The number of sulfone groups is 1. The van der Waals surface area contributed by atoms with Crippen molar-refractivity contribution in [1.29, 1.82) is 0 Å². The van der Waals surface area contributed by atoms with Crippen molar-refractivity contribution in [1.82, 2.24) is 10.2 Å². The second-order valence-corrected chi connectivity index (χ2v) is 5.92. The molecule has 0 aromatic carbocycles. The Bertz CT molecular complexity index is 328. The lowest BCUT2D eigenvalue weighted by Crippen LogP contribution is -2.45. The Morgan fingerprint density at radius 3 is 2.73 bits per heavy atom. The lowest BCUT2D eigenvalue weighted by atomic mass is 10.2. The van der Waals surface area contributed by atoms with Crippen LogP contribution in [0.25, 0.3) is 0 Å². The first-order valence-corrected chi connectivity index (χ1v) is 6.69. The minimum absolute atomic E-state index is 0.0690. The molecule has 1 saturated heterocycles. The van der Waals surface area contributed by atoms with Crippen LogP contribution in [0.15, 0.2) is 0 Å². The molecule has 1 atom stereocenters. The lowest BCUT2D eigenvalue weighted by molar-refractivity contribution is 0.195. The molecular weight excluding hydrogens is 218 g/mol. The van der Waals surface area contributed by atoms with Gasteiger partial charge in [-0.2, -0.15) is 0 Å². The van der Waals surface area contributed by atoms with Crippen molar-refractivity contribution < 1.29 is 13.2 Å². The third-order valence-electron chi connectivity index (χ3n) is 2.50. The molecule has 7 heteroatoms. The molecule has 15 heavy (non-hydrogen) atoms. The Kier molecular flexibility index (Phi) is 3.92. The summed E-state index contributed by atoms with van der Waals surface area (Å²) in [7, 11) is -1.33. The molecule has 0 bridgehead atoms. The summed E-state index contributed by atoms with van der Waals surface area (Å²) in [5.74, 6) is 0.242. The monoisotopic (exact) mass is 235 g/mol. The quantitative estimate of drug-likeness (QED) is 0.641. The Balaban J connectivity index is 2.47. The number of amides is 2. The molecule has 0 spiro atoms. The molecule has 88 valence electrons. The van der Waals surface area contributed by atoms with E-state index in [0.29, 0.717) is 19.5 Å². The van der Waals surface area contributed by atoms with Gasteiger partial charge in [0.1, 0.15) is 0 Å². The number of carbonyl (C=O) groups is 1. The molecule has 0 aromatic rings. The highest BCUT2D eigenvalue weighted by atomic mass is 32.2. The van der Waals surface area contributed by atoms with Gasteiger partial charge >= 0.3 is 6.03 Å².